The van der Waals surface area contributed by atoms with Crippen molar-refractivity contribution in [3.8, 4) is 0 Å². The topological polar surface area (TPSA) is 58.1 Å². The predicted molar refractivity (Wildman–Crippen MR) is 98.6 cm³/mol. The molecule has 0 amide bonds. The average molecular weight is 341 g/mol. The van der Waals surface area contributed by atoms with Gasteiger partial charge in [-0.1, -0.05) is 6.92 Å². The number of hydrogen-bond donors (Lipinski definition) is 2. The van der Waals surface area contributed by atoms with E-state index in [9.17, 15) is 0 Å². The van der Waals surface area contributed by atoms with Gasteiger partial charge in [-0.2, -0.15) is 0 Å². The molecule has 6 heteroatoms. The van der Waals surface area contributed by atoms with Crippen LogP contribution in [0.2, 0.25) is 0 Å². The van der Waals surface area contributed by atoms with Gasteiger partial charge in [0.15, 0.2) is 5.96 Å². The molecule has 0 aromatic carbocycles. The molecule has 0 aliphatic carbocycles. The van der Waals surface area contributed by atoms with E-state index in [1.54, 1.807) is 0 Å². The lowest BCUT2D eigenvalue weighted by Gasteiger charge is -2.27. The highest BCUT2D eigenvalue weighted by Gasteiger charge is 2.20. The van der Waals surface area contributed by atoms with Gasteiger partial charge in [0.2, 0.25) is 0 Å². The minimum Gasteiger partial charge on any atom is -0.381 e. The lowest BCUT2D eigenvalue weighted by molar-refractivity contribution is 0.0888. The van der Waals surface area contributed by atoms with Crippen molar-refractivity contribution in [2.45, 2.75) is 45.1 Å². The second kappa shape index (κ2) is 11.7. The van der Waals surface area contributed by atoms with Gasteiger partial charge in [-0.05, 0) is 45.2 Å². The molecule has 2 aliphatic rings. The summed E-state index contributed by atoms with van der Waals surface area (Å²) in [6, 6.07) is 0.614. The molecule has 2 saturated heterocycles. The third kappa shape index (κ3) is 6.95. The minimum absolute atomic E-state index is 0.601. The second-order valence-corrected chi connectivity index (χ2v) is 6.84. The summed E-state index contributed by atoms with van der Waals surface area (Å²) in [6.45, 7) is 10.0. The Morgan fingerprint density at radius 1 is 1.33 bits per heavy atom. The minimum atomic E-state index is 0.601. The number of ether oxygens (including phenoxy) is 2. The van der Waals surface area contributed by atoms with Crippen molar-refractivity contribution < 1.29 is 9.47 Å². The molecule has 2 fully saturated rings. The molecule has 2 N–H and O–H groups in total. The Balaban J connectivity index is 1.51. The quantitative estimate of drug-likeness (QED) is 0.358. The van der Waals surface area contributed by atoms with Gasteiger partial charge in [0.25, 0.3) is 0 Å². The van der Waals surface area contributed by atoms with Crippen LogP contribution in [0.1, 0.15) is 39.0 Å². The Morgan fingerprint density at radius 3 is 2.83 bits per heavy atom. The Bertz CT molecular complexity index is 353. The van der Waals surface area contributed by atoms with E-state index in [1.165, 1.54) is 32.4 Å². The van der Waals surface area contributed by atoms with Gasteiger partial charge in [0.1, 0.15) is 0 Å². The van der Waals surface area contributed by atoms with Crippen LogP contribution < -0.4 is 10.6 Å². The van der Waals surface area contributed by atoms with Gasteiger partial charge in [-0.15, -0.1) is 0 Å². The van der Waals surface area contributed by atoms with Crippen molar-refractivity contribution in [2.24, 2.45) is 10.9 Å². The predicted octanol–water partition coefficient (Wildman–Crippen LogP) is 1.47. The normalized spacial score (nSPS) is 23.6. The summed E-state index contributed by atoms with van der Waals surface area (Å²) in [7, 11) is 1.84. The highest BCUT2D eigenvalue weighted by molar-refractivity contribution is 5.79. The van der Waals surface area contributed by atoms with Crippen molar-refractivity contribution >= 4 is 5.96 Å². The van der Waals surface area contributed by atoms with E-state index in [4.69, 9.17) is 9.47 Å². The molecule has 0 aromatic rings. The molecule has 140 valence electrons. The zero-order valence-electron chi connectivity index (χ0n) is 15.6. The van der Waals surface area contributed by atoms with Crippen LogP contribution in [0.4, 0.5) is 0 Å². The molecule has 0 bridgehead atoms. The first-order valence-electron chi connectivity index (χ1n) is 9.67. The molecule has 0 spiro atoms. The standard InChI is InChI=1S/C18H36N4O2/c1-3-17(22-9-4-5-10-22)13-21-18(19-2)20-8-6-11-23-14-16-7-12-24-15-16/h16-17H,3-15H2,1-2H3,(H2,19,20,21). The van der Waals surface area contributed by atoms with Crippen molar-refractivity contribution in [3.05, 3.63) is 0 Å². The van der Waals surface area contributed by atoms with Crippen LogP contribution in [0.5, 0.6) is 0 Å². The fourth-order valence-corrected chi connectivity index (χ4v) is 3.42. The van der Waals surface area contributed by atoms with E-state index in [2.05, 4.69) is 27.4 Å². The molecule has 2 unspecified atom stereocenters. The molecule has 0 radical (unpaired) electrons. The van der Waals surface area contributed by atoms with Crippen molar-refractivity contribution in [1.82, 2.24) is 15.5 Å². The lowest BCUT2D eigenvalue weighted by atomic mass is 10.1. The zero-order chi connectivity index (χ0) is 17.0. The van der Waals surface area contributed by atoms with Crippen molar-refractivity contribution in [1.29, 1.82) is 0 Å². The summed E-state index contributed by atoms with van der Waals surface area (Å²) >= 11 is 0. The molecule has 2 aliphatic heterocycles. The van der Waals surface area contributed by atoms with Crippen LogP contribution >= 0.6 is 0 Å². The van der Waals surface area contributed by atoms with Gasteiger partial charge in [-0.3, -0.25) is 9.89 Å². The van der Waals surface area contributed by atoms with Crippen LogP contribution in [0.15, 0.2) is 4.99 Å². The summed E-state index contributed by atoms with van der Waals surface area (Å²) in [4.78, 5) is 6.92. The maximum absolute atomic E-state index is 5.73. The molecular weight excluding hydrogens is 304 g/mol. The van der Waals surface area contributed by atoms with Crippen LogP contribution in [-0.4, -0.2) is 76.6 Å². The first kappa shape index (κ1) is 19.5. The molecule has 2 atom stereocenters. The van der Waals surface area contributed by atoms with Crippen molar-refractivity contribution in [2.75, 3.05) is 59.7 Å². The van der Waals surface area contributed by atoms with Crippen LogP contribution in [0.3, 0.4) is 0 Å². The number of guanidine groups is 1. The van der Waals surface area contributed by atoms with Gasteiger partial charge < -0.3 is 20.1 Å². The first-order chi connectivity index (χ1) is 11.8. The molecule has 24 heavy (non-hydrogen) atoms. The molecule has 0 aromatic heterocycles. The Hall–Kier alpha value is -0.850. The van der Waals surface area contributed by atoms with Gasteiger partial charge >= 0.3 is 0 Å². The molecule has 0 saturated carbocycles. The van der Waals surface area contributed by atoms with Crippen LogP contribution in [0.25, 0.3) is 0 Å². The fraction of sp³-hybridized carbons (Fsp3) is 0.944. The SMILES string of the molecule is CCC(CNC(=NC)NCCCOCC1CCOC1)N1CCCC1. The summed E-state index contributed by atoms with van der Waals surface area (Å²) in [5, 5.41) is 6.86. The number of aliphatic imine (C=N–C) groups is 1. The van der Waals surface area contributed by atoms with E-state index in [0.717, 1.165) is 58.3 Å². The second-order valence-electron chi connectivity index (χ2n) is 6.84. The maximum Gasteiger partial charge on any atom is 0.191 e. The molecular formula is C18H36N4O2. The third-order valence-corrected chi connectivity index (χ3v) is 4.99. The maximum atomic E-state index is 5.73. The molecule has 6 nitrogen and oxygen atoms in total. The summed E-state index contributed by atoms with van der Waals surface area (Å²) in [6.07, 6.45) is 6.01. The number of nitrogens with zero attached hydrogens (tertiary/aromatic N) is 2. The monoisotopic (exact) mass is 340 g/mol. The van der Waals surface area contributed by atoms with E-state index in [0.29, 0.717) is 12.0 Å². The zero-order valence-corrected chi connectivity index (χ0v) is 15.6. The number of nitrogens with one attached hydrogen (secondary N) is 2. The highest BCUT2D eigenvalue weighted by atomic mass is 16.5. The Labute approximate surface area is 147 Å². The van der Waals surface area contributed by atoms with Gasteiger partial charge in [0, 0.05) is 45.3 Å². The number of likely N-dealkylation sites (tertiary alicyclic amines) is 1. The largest absolute Gasteiger partial charge is 0.381 e. The van der Waals surface area contributed by atoms with Gasteiger partial charge in [0.05, 0.1) is 13.2 Å². The number of rotatable bonds is 10. The van der Waals surface area contributed by atoms with E-state index >= 15 is 0 Å². The fourth-order valence-electron chi connectivity index (χ4n) is 3.42. The highest BCUT2D eigenvalue weighted by Crippen LogP contribution is 2.13. The average Bonchev–Trinajstić information content (AvgIpc) is 3.30. The van der Waals surface area contributed by atoms with E-state index in [-0.39, 0.29) is 0 Å². The Kier molecular flexibility index (Phi) is 9.46. The van der Waals surface area contributed by atoms with Crippen LogP contribution in [-0.2, 0) is 9.47 Å². The first-order valence-corrected chi connectivity index (χ1v) is 9.67. The molecule has 2 rings (SSSR count). The number of hydrogen-bond acceptors (Lipinski definition) is 4. The third-order valence-electron chi connectivity index (χ3n) is 4.99. The lowest BCUT2D eigenvalue weighted by Crippen LogP contribution is -2.46. The van der Waals surface area contributed by atoms with E-state index in [1.807, 2.05) is 7.05 Å². The molecule has 2 heterocycles. The summed E-state index contributed by atoms with van der Waals surface area (Å²) < 4.78 is 11.1. The van der Waals surface area contributed by atoms with Gasteiger partial charge in [-0.25, -0.2) is 0 Å². The van der Waals surface area contributed by atoms with Crippen molar-refractivity contribution in [3.63, 3.8) is 0 Å². The summed E-state index contributed by atoms with van der Waals surface area (Å²) in [5.41, 5.74) is 0. The summed E-state index contributed by atoms with van der Waals surface area (Å²) in [5.74, 6) is 1.50. The smallest absolute Gasteiger partial charge is 0.191 e. The van der Waals surface area contributed by atoms with E-state index < -0.39 is 0 Å². The van der Waals surface area contributed by atoms with Crippen LogP contribution in [0, 0.1) is 5.92 Å². The Morgan fingerprint density at radius 2 is 2.17 bits per heavy atom.